The molecule has 0 saturated heterocycles. The molecule has 0 radical (unpaired) electrons. The fraction of sp³-hybridized carbons (Fsp3) is 0.250. The molecule has 2 aromatic rings. The van der Waals surface area contributed by atoms with Crippen LogP contribution >= 0.6 is 0 Å². The van der Waals surface area contributed by atoms with Crippen LogP contribution in [0.1, 0.15) is 11.6 Å². The number of oxazole rings is 1. The highest BCUT2D eigenvalue weighted by Crippen LogP contribution is 2.02. The van der Waals surface area contributed by atoms with E-state index in [1.807, 2.05) is 6.07 Å². The van der Waals surface area contributed by atoms with Crippen LogP contribution in [-0.4, -0.2) is 10.1 Å². The molecule has 0 aliphatic heterocycles. The standard InChI is InChI=1S/C8H8N2O2/c1(7-3-5-12-10-7)2-8-9-4-6-11-8/h3-6H,1-2H2. The first-order chi connectivity index (χ1) is 5.95. The zero-order chi connectivity index (χ0) is 8.23. The molecular weight excluding hydrogens is 156 g/mol. The maximum atomic E-state index is 5.06. The van der Waals surface area contributed by atoms with Crippen LogP contribution in [0.25, 0.3) is 0 Å². The Labute approximate surface area is 69.2 Å². The smallest absolute Gasteiger partial charge is 0.194 e. The molecule has 12 heavy (non-hydrogen) atoms. The Morgan fingerprint density at radius 1 is 1.25 bits per heavy atom. The van der Waals surface area contributed by atoms with Gasteiger partial charge in [-0.1, -0.05) is 5.16 Å². The topological polar surface area (TPSA) is 52.1 Å². The Balaban J connectivity index is 1.91. The van der Waals surface area contributed by atoms with Crippen molar-refractivity contribution in [1.82, 2.24) is 10.1 Å². The molecule has 0 aliphatic carbocycles. The predicted octanol–water partition coefficient (Wildman–Crippen LogP) is 1.45. The first-order valence-electron chi connectivity index (χ1n) is 3.73. The van der Waals surface area contributed by atoms with Gasteiger partial charge in [0.15, 0.2) is 5.89 Å². The lowest BCUT2D eigenvalue weighted by Crippen LogP contribution is -1.90. The summed E-state index contributed by atoms with van der Waals surface area (Å²) >= 11 is 0. The predicted molar refractivity (Wildman–Crippen MR) is 40.4 cm³/mol. The molecule has 2 heterocycles. The van der Waals surface area contributed by atoms with E-state index in [0.29, 0.717) is 0 Å². The van der Waals surface area contributed by atoms with E-state index in [1.54, 1.807) is 18.7 Å². The van der Waals surface area contributed by atoms with Crippen molar-refractivity contribution < 1.29 is 8.94 Å². The monoisotopic (exact) mass is 164 g/mol. The van der Waals surface area contributed by atoms with Crippen LogP contribution in [0, 0.1) is 0 Å². The molecule has 0 spiro atoms. The summed E-state index contributed by atoms with van der Waals surface area (Å²) in [5.41, 5.74) is 0.924. The lowest BCUT2D eigenvalue weighted by atomic mass is 10.2. The van der Waals surface area contributed by atoms with E-state index >= 15 is 0 Å². The molecule has 0 fully saturated rings. The number of nitrogens with zero attached hydrogens (tertiary/aromatic N) is 2. The third kappa shape index (κ3) is 1.53. The van der Waals surface area contributed by atoms with Crippen LogP contribution in [0.3, 0.4) is 0 Å². The molecule has 0 amide bonds. The summed E-state index contributed by atoms with van der Waals surface area (Å²) in [4.78, 5) is 3.99. The Morgan fingerprint density at radius 2 is 2.25 bits per heavy atom. The van der Waals surface area contributed by atoms with Crippen molar-refractivity contribution in [3.63, 3.8) is 0 Å². The van der Waals surface area contributed by atoms with Crippen LogP contribution < -0.4 is 0 Å². The molecular formula is C8H8N2O2. The van der Waals surface area contributed by atoms with Crippen molar-refractivity contribution >= 4 is 0 Å². The molecule has 0 N–H and O–H groups in total. The Morgan fingerprint density at radius 3 is 2.92 bits per heavy atom. The van der Waals surface area contributed by atoms with Crippen molar-refractivity contribution in [1.29, 1.82) is 0 Å². The second-order valence-corrected chi connectivity index (χ2v) is 2.42. The minimum absolute atomic E-state index is 0.734. The van der Waals surface area contributed by atoms with Crippen molar-refractivity contribution in [3.8, 4) is 0 Å². The van der Waals surface area contributed by atoms with Crippen LogP contribution in [-0.2, 0) is 12.8 Å². The number of aryl methyl sites for hydroxylation is 2. The summed E-state index contributed by atoms with van der Waals surface area (Å²) in [6, 6.07) is 1.84. The molecule has 0 saturated carbocycles. The average Bonchev–Trinajstić information content (AvgIpc) is 2.74. The Kier molecular flexibility index (Phi) is 1.90. The van der Waals surface area contributed by atoms with Gasteiger partial charge in [-0.3, -0.25) is 0 Å². The maximum Gasteiger partial charge on any atom is 0.194 e. The van der Waals surface area contributed by atoms with Gasteiger partial charge in [-0.05, 0) is 0 Å². The third-order valence-electron chi connectivity index (χ3n) is 1.57. The molecule has 4 nitrogen and oxygen atoms in total. The number of aromatic nitrogens is 2. The van der Waals surface area contributed by atoms with E-state index < -0.39 is 0 Å². The fourth-order valence-electron chi connectivity index (χ4n) is 0.978. The highest BCUT2D eigenvalue weighted by atomic mass is 16.5. The second-order valence-electron chi connectivity index (χ2n) is 2.42. The number of rotatable bonds is 3. The van der Waals surface area contributed by atoms with E-state index in [-0.39, 0.29) is 0 Å². The largest absolute Gasteiger partial charge is 0.449 e. The highest BCUT2D eigenvalue weighted by molar-refractivity contribution is 4.97. The van der Waals surface area contributed by atoms with Crippen molar-refractivity contribution in [2.45, 2.75) is 12.8 Å². The van der Waals surface area contributed by atoms with Gasteiger partial charge in [0, 0.05) is 18.9 Å². The normalized spacial score (nSPS) is 10.3. The molecule has 0 aliphatic rings. The van der Waals surface area contributed by atoms with E-state index in [0.717, 1.165) is 24.4 Å². The minimum atomic E-state index is 0.734. The first-order valence-corrected chi connectivity index (χ1v) is 3.73. The molecule has 0 aromatic carbocycles. The van der Waals surface area contributed by atoms with Gasteiger partial charge in [0.2, 0.25) is 0 Å². The van der Waals surface area contributed by atoms with E-state index in [1.165, 1.54) is 0 Å². The lowest BCUT2D eigenvalue weighted by molar-refractivity contribution is 0.409. The van der Waals surface area contributed by atoms with Gasteiger partial charge in [-0.15, -0.1) is 0 Å². The average molecular weight is 164 g/mol. The summed E-state index contributed by atoms with van der Waals surface area (Å²) in [7, 11) is 0. The quantitative estimate of drug-likeness (QED) is 0.688. The van der Waals surface area contributed by atoms with Gasteiger partial charge in [0.05, 0.1) is 11.9 Å². The summed E-state index contributed by atoms with van der Waals surface area (Å²) in [6.07, 6.45) is 6.33. The van der Waals surface area contributed by atoms with Gasteiger partial charge < -0.3 is 8.94 Å². The van der Waals surface area contributed by atoms with Crippen LogP contribution in [0.5, 0.6) is 0 Å². The van der Waals surface area contributed by atoms with E-state index in [2.05, 4.69) is 14.7 Å². The van der Waals surface area contributed by atoms with Gasteiger partial charge in [-0.25, -0.2) is 4.98 Å². The van der Waals surface area contributed by atoms with Crippen molar-refractivity contribution in [3.05, 3.63) is 36.4 Å². The van der Waals surface area contributed by atoms with E-state index in [9.17, 15) is 0 Å². The summed E-state index contributed by atoms with van der Waals surface area (Å²) in [6.45, 7) is 0. The van der Waals surface area contributed by atoms with Crippen LogP contribution in [0.15, 0.2) is 33.7 Å². The molecule has 0 bridgehead atoms. The zero-order valence-corrected chi connectivity index (χ0v) is 6.43. The van der Waals surface area contributed by atoms with Gasteiger partial charge >= 0.3 is 0 Å². The zero-order valence-electron chi connectivity index (χ0n) is 6.43. The fourth-order valence-corrected chi connectivity index (χ4v) is 0.978. The molecule has 4 heteroatoms. The summed E-state index contributed by atoms with van der Waals surface area (Å²) in [5, 5.41) is 3.77. The third-order valence-corrected chi connectivity index (χ3v) is 1.57. The Bertz CT molecular complexity index is 278. The molecule has 62 valence electrons. The van der Waals surface area contributed by atoms with Crippen LogP contribution in [0.2, 0.25) is 0 Å². The lowest BCUT2D eigenvalue weighted by Gasteiger charge is -1.89. The summed E-state index contributed by atoms with van der Waals surface area (Å²) < 4.78 is 9.75. The van der Waals surface area contributed by atoms with Gasteiger partial charge in [0.25, 0.3) is 0 Å². The SMILES string of the molecule is c1coc(CCc2ccon2)n1. The Hall–Kier alpha value is -1.58. The number of hydrogen-bond donors (Lipinski definition) is 0. The van der Waals surface area contributed by atoms with E-state index in [4.69, 9.17) is 4.42 Å². The van der Waals surface area contributed by atoms with Gasteiger partial charge in [-0.2, -0.15) is 0 Å². The first kappa shape index (κ1) is 7.09. The molecule has 2 aromatic heterocycles. The second kappa shape index (κ2) is 3.21. The maximum absolute atomic E-state index is 5.06. The van der Waals surface area contributed by atoms with Crippen molar-refractivity contribution in [2.24, 2.45) is 0 Å². The van der Waals surface area contributed by atoms with Gasteiger partial charge in [0.1, 0.15) is 12.5 Å². The van der Waals surface area contributed by atoms with Crippen LogP contribution in [0.4, 0.5) is 0 Å². The molecule has 2 rings (SSSR count). The highest BCUT2D eigenvalue weighted by Gasteiger charge is 2.00. The molecule has 0 unspecified atom stereocenters. The molecule has 0 atom stereocenters. The summed E-state index contributed by atoms with van der Waals surface area (Å²) in [5.74, 6) is 0.734. The number of hydrogen-bond acceptors (Lipinski definition) is 4. The van der Waals surface area contributed by atoms with Crippen molar-refractivity contribution in [2.75, 3.05) is 0 Å². The minimum Gasteiger partial charge on any atom is -0.449 e.